The quantitative estimate of drug-likeness (QED) is 0.832. The molecule has 0 aliphatic heterocycles. The Balaban J connectivity index is 2.75. The van der Waals surface area contributed by atoms with Gasteiger partial charge in [-0.15, -0.1) is 11.3 Å². The Hall–Kier alpha value is -1.37. The van der Waals surface area contributed by atoms with Crippen LogP contribution in [0.1, 0.15) is 30.5 Å². The summed E-state index contributed by atoms with van der Waals surface area (Å²) in [6, 6.07) is 3.99. The maximum absolute atomic E-state index is 5.94. The first-order valence-electron chi connectivity index (χ1n) is 7.13. The van der Waals surface area contributed by atoms with Gasteiger partial charge in [-0.2, -0.15) is 0 Å². The number of aromatic nitrogens is 1. The molecular formula is C16H19N3S3. The van der Waals surface area contributed by atoms with Crippen LogP contribution in [0.2, 0.25) is 0 Å². The largest absolute Gasteiger partial charge is 0.389 e. The SMILES string of the molecule is CCN(CC)C(=S)c1c(C(N)=S)ccc(C)c1-c1nccs1. The van der Waals surface area contributed by atoms with Gasteiger partial charge in [0.1, 0.15) is 15.0 Å². The van der Waals surface area contributed by atoms with Gasteiger partial charge in [0, 0.05) is 41.4 Å². The van der Waals surface area contributed by atoms with Crippen molar-refractivity contribution < 1.29 is 0 Å². The van der Waals surface area contributed by atoms with E-state index in [2.05, 4.69) is 30.7 Å². The molecule has 0 radical (unpaired) electrons. The zero-order valence-electron chi connectivity index (χ0n) is 12.9. The number of hydrogen-bond acceptors (Lipinski definition) is 4. The number of aryl methyl sites for hydroxylation is 1. The molecule has 0 amide bonds. The Morgan fingerprint density at radius 1 is 1.27 bits per heavy atom. The number of rotatable bonds is 5. The second-order valence-electron chi connectivity index (χ2n) is 4.86. The third-order valence-electron chi connectivity index (χ3n) is 3.59. The molecule has 0 unspecified atom stereocenters. The fraction of sp³-hybridized carbons (Fsp3) is 0.312. The molecule has 6 heteroatoms. The van der Waals surface area contributed by atoms with Crippen LogP contribution in [0.25, 0.3) is 10.6 Å². The van der Waals surface area contributed by atoms with E-state index in [9.17, 15) is 0 Å². The van der Waals surface area contributed by atoms with Crippen LogP contribution in [-0.2, 0) is 0 Å². The standard InChI is InChI=1S/C16H19N3S3/c1-4-19(5-2)16(21)13-11(14(17)20)7-6-10(3)12(13)15-18-8-9-22-15/h6-9H,4-5H2,1-3H3,(H2,17,20). The summed E-state index contributed by atoms with van der Waals surface area (Å²) in [5.74, 6) is 0. The monoisotopic (exact) mass is 349 g/mol. The summed E-state index contributed by atoms with van der Waals surface area (Å²) in [5.41, 5.74) is 9.86. The van der Waals surface area contributed by atoms with Crippen molar-refractivity contribution in [3.8, 4) is 10.6 Å². The minimum atomic E-state index is 0.363. The van der Waals surface area contributed by atoms with Gasteiger partial charge in [-0.3, -0.25) is 0 Å². The highest BCUT2D eigenvalue weighted by Crippen LogP contribution is 2.32. The van der Waals surface area contributed by atoms with Gasteiger partial charge in [0.2, 0.25) is 0 Å². The average Bonchev–Trinajstić information content (AvgIpc) is 3.01. The van der Waals surface area contributed by atoms with Crippen LogP contribution < -0.4 is 5.73 Å². The van der Waals surface area contributed by atoms with Crippen LogP contribution in [0, 0.1) is 6.92 Å². The van der Waals surface area contributed by atoms with E-state index in [1.54, 1.807) is 17.5 Å². The maximum Gasteiger partial charge on any atom is 0.124 e. The van der Waals surface area contributed by atoms with Gasteiger partial charge in [0.05, 0.1) is 0 Å². The fourth-order valence-corrected chi connectivity index (χ4v) is 3.82. The lowest BCUT2D eigenvalue weighted by molar-refractivity contribution is 0.475. The fourth-order valence-electron chi connectivity index (χ4n) is 2.43. The van der Waals surface area contributed by atoms with Crippen LogP contribution in [0.3, 0.4) is 0 Å². The van der Waals surface area contributed by atoms with E-state index < -0.39 is 0 Å². The molecule has 1 heterocycles. The van der Waals surface area contributed by atoms with Crippen molar-refractivity contribution in [2.24, 2.45) is 5.73 Å². The van der Waals surface area contributed by atoms with Crippen LogP contribution in [0.15, 0.2) is 23.7 Å². The normalized spacial score (nSPS) is 10.5. The van der Waals surface area contributed by atoms with Crippen LogP contribution in [0.4, 0.5) is 0 Å². The van der Waals surface area contributed by atoms with Gasteiger partial charge in [-0.05, 0) is 26.3 Å². The summed E-state index contributed by atoms with van der Waals surface area (Å²) in [4.78, 5) is 7.74. The Morgan fingerprint density at radius 2 is 1.95 bits per heavy atom. The molecule has 0 saturated carbocycles. The molecule has 116 valence electrons. The van der Waals surface area contributed by atoms with Gasteiger partial charge in [0.25, 0.3) is 0 Å². The topological polar surface area (TPSA) is 42.1 Å². The molecule has 0 fully saturated rings. The Morgan fingerprint density at radius 3 is 2.45 bits per heavy atom. The van der Waals surface area contributed by atoms with Crippen LogP contribution in [-0.4, -0.2) is 33.0 Å². The molecule has 0 bridgehead atoms. The first-order valence-corrected chi connectivity index (χ1v) is 8.83. The molecule has 0 aliphatic rings. The zero-order valence-corrected chi connectivity index (χ0v) is 15.4. The number of nitrogens with two attached hydrogens (primary N) is 1. The summed E-state index contributed by atoms with van der Waals surface area (Å²) >= 11 is 12.6. The van der Waals surface area contributed by atoms with Crippen molar-refractivity contribution in [1.29, 1.82) is 0 Å². The minimum absolute atomic E-state index is 0.363. The van der Waals surface area contributed by atoms with Gasteiger partial charge in [-0.1, -0.05) is 36.6 Å². The van der Waals surface area contributed by atoms with Crippen molar-refractivity contribution in [2.45, 2.75) is 20.8 Å². The number of thiocarbonyl (C=S) groups is 2. The molecule has 1 aromatic heterocycles. The predicted octanol–water partition coefficient (Wildman–Crippen LogP) is 3.77. The Kier molecular flexibility index (Phi) is 5.61. The minimum Gasteiger partial charge on any atom is -0.389 e. The van der Waals surface area contributed by atoms with E-state index in [1.807, 2.05) is 17.5 Å². The first-order chi connectivity index (χ1) is 10.5. The highest BCUT2D eigenvalue weighted by atomic mass is 32.1. The summed E-state index contributed by atoms with van der Waals surface area (Å²) in [5, 5.41) is 2.91. The van der Waals surface area contributed by atoms with Crippen molar-refractivity contribution in [1.82, 2.24) is 9.88 Å². The van der Waals surface area contributed by atoms with Crippen LogP contribution in [0.5, 0.6) is 0 Å². The molecule has 2 rings (SSSR count). The molecule has 0 spiro atoms. The van der Waals surface area contributed by atoms with Crippen molar-refractivity contribution in [3.63, 3.8) is 0 Å². The van der Waals surface area contributed by atoms with Gasteiger partial charge >= 0.3 is 0 Å². The van der Waals surface area contributed by atoms with E-state index in [-0.39, 0.29) is 0 Å². The lowest BCUT2D eigenvalue weighted by atomic mass is 9.96. The molecular weight excluding hydrogens is 330 g/mol. The Labute approximate surface area is 146 Å². The van der Waals surface area contributed by atoms with E-state index >= 15 is 0 Å². The summed E-state index contributed by atoms with van der Waals surface area (Å²) in [7, 11) is 0. The average molecular weight is 350 g/mol. The van der Waals surface area contributed by atoms with E-state index in [0.717, 1.165) is 45.3 Å². The molecule has 0 saturated heterocycles. The maximum atomic E-state index is 5.94. The predicted molar refractivity (Wildman–Crippen MR) is 103 cm³/mol. The van der Waals surface area contributed by atoms with E-state index in [1.165, 1.54) is 0 Å². The third-order valence-corrected chi connectivity index (χ3v) is 5.06. The molecule has 3 nitrogen and oxygen atoms in total. The molecule has 0 aliphatic carbocycles. The summed E-state index contributed by atoms with van der Waals surface area (Å²) in [6.45, 7) is 7.94. The van der Waals surface area contributed by atoms with Gasteiger partial charge < -0.3 is 10.6 Å². The second kappa shape index (κ2) is 7.26. The van der Waals surface area contributed by atoms with Crippen LogP contribution >= 0.6 is 35.8 Å². The molecule has 2 N–H and O–H groups in total. The smallest absolute Gasteiger partial charge is 0.124 e. The van der Waals surface area contributed by atoms with Crippen molar-refractivity contribution in [3.05, 3.63) is 40.4 Å². The van der Waals surface area contributed by atoms with E-state index in [4.69, 9.17) is 30.2 Å². The zero-order chi connectivity index (χ0) is 16.3. The number of thiazole rings is 1. The highest BCUT2D eigenvalue weighted by Gasteiger charge is 2.22. The molecule has 2 aromatic rings. The van der Waals surface area contributed by atoms with E-state index in [0.29, 0.717) is 4.99 Å². The van der Waals surface area contributed by atoms with Crippen molar-refractivity contribution >= 4 is 45.7 Å². The van der Waals surface area contributed by atoms with Gasteiger partial charge in [0.15, 0.2) is 0 Å². The molecule has 0 atom stereocenters. The number of hydrogen-bond donors (Lipinski definition) is 1. The summed E-state index contributed by atoms with van der Waals surface area (Å²) in [6.07, 6.45) is 1.80. The highest BCUT2D eigenvalue weighted by molar-refractivity contribution is 7.81. The molecule has 22 heavy (non-hydrogen) atoms. The van der Waals surface area contributed by atoms with Gasteiger partial charge in [-0.25, -0.2) is 4.98 Å². The lowest BCUT2D eigenvalue weighted by Crippen LogP contribution is -2.32. The Bertz CT molecular complexity index is 689. The third kappa shape index (κ3) is 3.19. The number of nitrogens with zero attached hydrogens (tertiary/aromatic N) is 2. The second-order valence-corrected chi connectivity index (χ2v) is 6.58. The summed E-state index contributed by atoms with van der Waals surface area (Å²) < 4.78 is 0. The molecule has 1 aromatic carbocycles. The first kappa shape index (κ1) is 17.0. The van der Waals surface area contributed by atoms with Crippen molar-refractivity contribution in [2.75, 3.05) is 13.1 Å². The number of benzene rings is 1. The lowest BCUT2D eigenvalue weighted by Gasteiger charge is -2.25.